The molecule has 5 nitrogen and oxygen atoms in total. The lowest BCUT2D eigenvalue weighted by Crippen LogP contribution is -2.46. The minimum absolute atomic E-state index is 0. The molecule has 1 aromatic rings. The Morgan fingerprint density at radius 3 is 2.34 bits per heavy atom. The van der Waals surface area contributed by atoms with Gasteiger partial charge in [0.15, 0.2) is 5.96 Å². The second-order valence-corrected chi connectivity index (χ2v) is 8.74. The van der Waals surface area contributed by atoms with Crippen molar-refractivity contribution in [3.8, 4) is 0 Å². The number of rotatable bonds is 7. The van der Waals surface area contributed by atoms with Crippen LogP contribution in [0.2, 0.25) is 0 Å². The van der Waals surface area contributed by atoms with Crippen molar-refractivity contribution in [2.24, 2.45) is 10.4 Å². The van der Waals surface area contributed by atoms with Gasteiger partial charge in [0, 0.05) is 39.8 Å². The van der Waals surface area contributed by atoms with E-state index < -0.39 is 0 Å². The van der Waals surface area contributed by atoms with E-state index in [2.05, 4.69) is 63.7 Å². The predicted octanol–water partition coefficient (Wildman–Crippen LogP) is 3.69. The van der Waals surface area contributed by atoms with E-state index in [4.69, 9.17) is 0 Å². The summed E-state index contributed by atoms with van der Waals surface area (Å²) in [6, 6.07) is 9.06. The maximum absolute atomic E-state index is 4.39. The van der Waals surface area contributed by atoms with Crippen molar-refractivity contribution in [1.82, 2.24) is 20.4 Å². The maximum atomic E-state index is 4.39. The summed E-state index contributed by atoms with van der Waals surface area (Å²) in [7, 11) is 4.08. The van der Waals surface area contributed by atoms with Gasteiger partial charge >= 0.3 is 0 Å². The van der Waals surface area contributed by atoms with Crippen LogP contribution in [-0.4, -0.2) is 62.6 Å². The molecule has 0 atom stereocenters. The Morgan fingerprint density at radius 1 is 1.00 bits per heavy atom. The molecular weight excluding hydrogens is 473 g/mol. The van der Waals surface area contributed by atoms with E-state index in [1.54, 1.807) is 0 Å². The molecule has 0 bridgehead atoms. The third-order valence-corrected chi connectivity index (χ3v) is 6.72. The van der Waals surface area contributed by atoms with Crippen LogP contribution in [0.1, 0.15) is 50.2 Å². The molecule has 2 N–H and O–H groups in total. The number of aliphatic imine (C=N–C) groups is 1. The molecule has 1 aliphatic heterocycles. The maximum Gasteiger partial charge on any atom is 0.191 e. The van der Waals surface area contributed by atoms with E-state index in [9.17, 15) is 0 Å². The molecule has 6 heteroatoms. The second-order valence-electron chi connectivity index (χ2n) is 8.74. The van der Waals surface area contributed by atoms with E-state index in [-0.39, 0.29) is 24.0 Å². The molecule has 1 aromatic carbocycles. The van der Waals surface area contributed by atoms with Crippen LogP contribution in [0.3, 0.4) is 0 Å². The van der Waals surface area contributed by atoms with Crippen LogP contribution >= 0.6 is 24.0 Å². The number of hydrogen-bond donors (Lipinski definition) is 2. The first kappa shape index (κ1) is 24.4. The van der Waals surface area contributed by atoms with E-state index in [1.165, 1.54) is 69.4 Å². The molecule has 1 saturated heterocycles. The Morgan fingerprint density at radius 2 is 1.72 bits per heavy atom. The molecule has 0 unspecified atom stereocenters. The van der Waals surface area contributed by atoms with Crippen LogP contribution in [0.15, 0.2) is 29.3 Å². The van der Waals surface area contributed by atoms with Gasteiger partial charge in [-0.05, 0) is 62.4 Å². The second kappa shape index (κ2) is 12.1. The van der Waals surface area contributed by atoms with Gasteiger partial charge in [0.1, 0.15) is 0 Å². The highest BCUT2D eigenvalue weighted by molar-refractivity contribution is 14.0. The average Bonchev–Trinajstić information content (AvgIpc) is 2.89. The van der Waals surface area contributed by atoms with Gasteiger partial charge in [0.25, 0.3) is 0 Å². The van der Waals surface area contributed by atoms with Gasteiger partial charge in [-0.2, -0.15) is 0 Å². The van der Waals surface area contributed by atoms with Crippen LogP contribution in [-0.2, 0) is 13.1 Å². The average molecular weight is 514 g/mol. The molecule has 1 saturated carbocycles. The largest absolute Gasteiger partial charge is 0.356 e. The monoisotopic (exact) mass is 513 g/mol. The smallest absolute Gasteiger partial charge is 0.191 e. The molecule has 2 fully saturated rings. The molecule has 3 rings (SSSR count). The molecule has 0 aromatic heterocycles. The van der Waals surface area contributed by atoms with E-state index in [0.717, 1.165) is 25.6 Å². The summed E-state index contributed by atoms with van der Waals surface area (Å²) < 4.78 is 0. The molecule has 0 radical (unpaired) electrons. The highest BCUT2D eigenvalue weighted by Crippen LogP contribution is 2.42. The molecular formula is C23H40IN5. The lowest BCUT2D eigenvalue weighted by atomic mass is 9.67. The number of nitrogens with zero attached hydrogens (tertiary/aromatic N) is 3. The number of likely N-dealkylation sites (N-methyl/N-ethyl adjacent to an activating group) is 1. The van der Waals surface area contributed by atoms with Crippen LogP contribution < -0.4 is 10.6 Å². The molecule has 29 heavy (non-hydrogen) atoms. The Balaban J connectivity index is 0.00000300. The zero-order chi connectivity index (χ0) is 19.8. The van der Waals surface area contributed by atoms with E-state index in [0.29, 0.717) is 5.41 Å². The molecule has 1 aliphatic carbocycles. The quantitative estimate of drug-likeness (QED) is 0.332. The highest BCUT2D eigenvalue weighted by Gasteiger charge is 2.34. The summed E-state index contributed by atoms with van der Waals surface area (Å²) in [5.41, 5.74) is 3.21. The number of halogens is 1. The van der Waals surface area contributed by atoms with Crippen molar-refractivity contribution >= 4 is 29.9 Å². The molecule has 2 aliphatic rings. The third kappa shape index (κ3) is 7.40. The Labute approximate surface area is 194 Å². The van der Waals surface area contributed by atoms with Gasteiger partial charge in [0.05, 0.1) is 0 Å². The van der Waals surface area contributed by atoms with Crippen LogP contribution in [0.25, 0.3) is 0 Å². The minimum atomic E-state index is 0. The van der Waals surface area contributed by atoms with Gasteiger partial charge in [-0.25, -0.2) is 0 Å². The number of benzene rings is 1. The summed E-state index contributed by atoms with van der Waals surface area (Å²) in [6.07, 6.45) is 6.60. The van der Waals surface area contributed by atoms with Gasteiger partial charge in [-0.15, -0.1) is 24.0 Å². The van der Waals surface area contributed by atoms with Crippen molar-refractivity contribution < 1.29 is 0 Å². The summed E-state index contributed by atoms with van der Waals surface area (Å²) in [4.78, 5) is 9.40. The highest BCUT2D eigenvalue weighted by atomic mass is 127. The lowest BCUT2D eigenvalue weighted by Gasteiger charge is -2.41. The summed E-state index contributed by atoms with van der Waals surface area (Å²) >= 11 is 0. The fraction of sp³-hybridized carbons (Fsp3) is 0.696. The van der Waals surface area contributed by atoms with E-state index in [1.807, 2.05) is 7.05 Å². The van der Waals surface area contributed by atoms with Crippen molar-refractivity contribution in [2.45, 2.75) is 52.1 Å². The lowest BCUT2D eigenvalue weighted by molar-refractivity contribution is 0.131. The predicted molar refractivity (Wildman–Crippen MR) is 134 cm³/mol. The fourth-order valence-electron chi connectivity index (χ4n) is 4.29. The zero-order valence-electron chi connectivity index (χ0n) is 18.5. The molecule has 164 valence electrons. The normalized spacial score (nSPS) is 20.3. The standard InChI is InChI=1S/C23H39N5.HI/c1-4-23(11-5-12-23)19-26-22(24-2)25-17-20-7-9-21(10-8-20)18-28-14-6-13-27(3)15-16-28;/h7-10H,4-6,11-19H2,1-3H3,(H2,24,25,26);1H. The Kier molecular flexibility index (Phi) is 10.2. The van der Waals surface area contributed by atoms with Crippen LogP contribution in [0, 0.1) is 5.41 Å². The molecule has 0 amide bonds. The zero-order valence-corrected chi connectivity index (χ0v) is 20.9. The van der Waals surface area contributed by atoms with Gasteiger partial charge in [0.2, 0.25) is 0 Å². The summed E-state index contributed by atoms with van der Waals surface area (Å²) in [5.74, 6) is 0.914. The topological polar surface area (TPSA) is 42.9 Å². The van der Waals surface area contributed by atoms with E-state index >= 15 is 0 Å². The third-order valence-electron chi connectivity index (χ3n) is 6.72. The first-order valence-electron chi connectivity index (χ1n) is 11.1. The molecule has 1 heterocycles. The van der Waals surface area contributed by atoms with Crippen LogP contribution in [0.5, 0.6) is 0 Å². The Hall–Kier alpha value is -0.860. The fourth-order valence-corrected chi connectivity index (χ4v) is 4.29. The first-order valence-corrected chi connectivity index (χ1v) is 11.1. The SMILES string of the molecule is CCC1(CNC(=NC)NCc2ccc(CN3CCCN(C)CC3)cc2)CCC1.I. The summed E-state index contributed by atoms with van der Waals surface area (Å²) in [5, 5.41) is 7.00. The molecule has 0 spiro atoms. The van der Waals surface area contributed by atoms with Gasteiger partial charge < -0.3 is 15.5 Å². The minimum Gasteiger partial charge on any atom is -0.356 e. The van der Waals surface area contributed by atoms with Crippen molar-refractivity contribution in [3.63, 3.8) is 0 Å². The van der Waals surface area contributed by atoms with Crippen molar-refractivity contribution in [1.29, 1.82) is 0 Å². The van der Waals surface area contributed by atoms with Crippen molar-refractivity contribution in [3.05, 3.63) is 35.4 Å². The number of hydrogen-bond acceptors (Lipinski definition) is 3. The van der Waals surface area contributed by atoms with Crippen LogP contribution in [0.4, 0.5) is 0 Å². The Bertz CT molecular complexity index is 621. The summed E-state index contributed by atoms with van der Waals surface area (Å²) in [6.45, 7) is 9.98. The van der Waals surface area contributed by atoms with Crippen molar-refractivity contribution in [2.75, 3.05) is 46.8 Å². The van der Waals surface area contributed by atoms with Gasteiger partial charge in [-0.3, -0.25) is 9.89 Å². The number of nitrogens with one attached hydrogen (secondary N) is 2. The first-order chi connectivity index (χ1) is 13.6. The van der Waals surface area contributed by atoms with Gasteiger partial charge in [-0.1, -0.05) is 37.6 Å². The number of guanidine groups is 1.